The van der Waals surface area contributed by atoms with Crippen LogP contribution in [0.15, 0.2) is 119 Å². The number of benzene rings is 3. The fourth-order valence-electron chi connectivity index (χ4n) is 6.94. The van der Waals surface area contributed by atoms with Crippen molar-refractivity contribution in [1.82, 2.24) is 0 Å². The maximum absolute atomic E-state index is 3.90. The van der Waals surface area contributed by atoms with Crippen LogP contribution >= 0.6 is 0 Å². The van der Waals surface area contributed by atoms with Crippen molar-refractivity contribution >= 4 is 14.9 Å². The number of aryl methyl sites for hydroxylation is 1. The van der Waals surface area contributed by atoms with E-state index in [-0.39, 0.29) is 30.2 Å². The first-order chi connectivity index (χ1) is 20.5. The van der Waals surface area contributed by atoms with Crippen molar-refractivity contribution < 1.29 is 49.0 Å². The van der Waals surface area contributed by atoms with Crippen molar-refractivity contribution in [3.63, 3.8) is 0 Å². The van der Waals surface area contributed by atoms with Crippen LogP contribution < -0.4 is 35.3 Å². The Hall–Kier alpha value is -2.31. The first-order valence-corrected chi connectivity index (χ1v) is 17.1. The summed E-state index contributed by atoms with van der Waals surface area (Å²) < 4.78 is 1.42. The average molecular weight is 712 g/mol. The van der Waals surface area contributed by atoms with Gasteiger partial charge >= 0.3 is 99.2 Å². The Kier molecular flexibility index (Phi) is 12.8. The van der Waals surface area contributed by atoms with Crippen LogP contribution in [0.5, 0.6) is 0 Å². The Labute approximate surface area is 299 Å². The first kappa shape index (κ1) is 37.2. The summed E-state index contributed by atoms with van der Waals surface area (Å²) in [5, 5.41) is 2.71. The molecule has 3 aliphatic rings. The quantitative estimate of drug-likeness (QED) is 0.345. The minimum absolute atomic E-state index is 0. The van der Waals surface area contributed by atoms with E-state index in [0.717, 1.165) is 6.42 Å². The second-order valence-corrected chi connectivity index (χ2v) is 14.5. The normalized spacial score (nSPS) is 17.9. The molecule has 3 aliphatic carbocycles. The van der Waals surface area contributed by atoms with Crippen LogP contribution in [-0.2, 0) is 24.2 Å². The number of halogens is 2. The van der Waals surface area contributed by atoms with Crippen LogP contribution in [-0.4, -0.2) is 3.21 Å². The van der Waals surface area contributed by atoms with Crippen molar-refractivity contribution in [1.29, 1.82) is 0 Å². The van der Waals surface area contributed by atoms with Crippen molar-refractivity contribution in [2.24, 2.45) is 17.3 Å². The molecule has 45 heavy (non-hydrogen) atoms. The maximum atomic E-state index is 3.90. The number of fused-ring (bicyclic) bond motifs is 2. The van der Waals surface area contributed by atoms with Gasteiger partial charge in [0, 0.05) is 0 Å². The Morgan fingerprint density at radius 1 is 0.822 bits per heavy atom. The zero-order valence-corrected chi connectivity index (χ0v) is 31.9. The monoisotopic (exact) mass is 709 g/mol. The fraction of sp³-hybridized carbons (Fsp3) is 0.310. The summed E-state index contributed by atoms with van der Waals surface area (Å²) in [7, 11) is 0. The van der Waals surface area contributed by atoms with E-state index in [1.165, 1.54) is 82.4 Å². The Morgan fingerprint density at radius 3 is 1.87 bits per heavy atom. The van der Waals surface area contributed by atoms with Gasteiger partial charge in [-0.05, 0) is 36.5 Å². The molecule has 0 N–H and O–H groups in total. The molecule has 0 saturated heterocycles. The molecule has 1 atom stereocenters. The SMILES string of the molecule is Cc1cc(C(C)C)c2c(c1)=[C-]C1=C(C3=CC=CC3)C(C)(C(C)C)C(C(C)C)=CC=21.[Cl-].[Cl-].[Zr+2]=[C](c1ccccc1)c1ccccc1. The number of hydrogen-bond acceptors (Lipinski definition) is 0. The second kappa shape index (κ2) is 15.5. The molecule has 0 saturated carbocycles. The molecule has 0 bridgehead atoms. The van der Waals surface area contributed by atoms with E-state index in [2.05, 4.69) is 159 Å². The van der Waals surface area contributed by atoms with Crippen LogP contribution in [0.25, 0.3) is 11.6 Å². The van der Waals surface area contributed by atoms with E-state index in [1.54, 1.807) is 5.57 Å². The van der Waals surface area contributed by atoms with Crippen LogP contribution in [0, 0.1) is 24.2 Å². The number of allylic oxidation sites excluding steroid dienone is 8. The Morgan fingerprint density at radius 2 is 1.40 bits per heavy atom. The number of hydrogen-bond donors (Lipinski definition) is 0. The molecular weight excluding hydrogens is 667 g/mol. The van der Waals surface area contributed by atoms with Crippen LogP contribution in [0.1, 0.15) is 83.1 Å². The fourth-order valence-corrected chi connectivity index (χ4v) is 7.76. The van der Waals surface area contributed by atoms with Crippen LogP contribution in [0.3, 0.4) is 0 Å². The molecule has 3 aromatic carbocycles. The molecule has 0 aliphatic heterocycles. The van der Waals surface area contributed by atoms with Gasteiger partial charge in [0.05, 0.1) is 0 Å². The summed E-state index contributed by atoms with van der Waals surface area (Å²) >= 11 is 1.46. The molecule has 0 fully saturated rings. The van der Waals surface area contributed by atoms with E-state index in [1.807, 2.05) is 0 Å². The molecule has 0 radical (unpaired) electrons. The summed E-state index contributed by atoms with van der Waals surface area (Å²) in [5.41, 5.74) is 12.8. The second-order valence-electron chi connectivity index (χ2n) is 13.3. The van der Waals surface area contributed by atoms with E-state index >= 15 is 0 Å². The Balaban J connectivity index is 0.000000292. The molecular formula is C42H45Cl2Zr-. The molecule has 6 rings (SSSR count). The third-order valence-electron chi connectivity index (χ3n) is 9.40. The molecule has 3 aromatic rings. The first-order valence-electron chi connectivity index (χ1n) is 15.9. The predicted molar refractivity (Wildman–Crippen MR) is 182 cm³/mol. The van der Waals surface area contributed by atoms with Gasteiger partial charge in [0.2, 0.25) is 0 Å². The molecule has 1 unspecified atom stereocenters. The van der Waals surface area contributed by atoms with Gasteiger partial charge in [-0.2, -0.15) is 0 Å². The van der Waals surface area contributed by atoms with E-state index in [9.17, 15) is 0 Å². The molecule has 0 heterocycles. The van der Waals surface area contributed by atoms with Gasteiger partial charge < -0.3 is 24.8 Å². The minimum atomic E-state index is 0. The van der Waals surface area contributed by atoms with E-state index in [4.69, 9.17) is 0 Å². The van der Waals surface area contributed by atoms with Gasteiger partial charge in [0.25, 0.3) is 0 Å². The van der Waals surface area contributed by atoms with E-state index in [0.29, 0.717) is 17.8 Å². The van der Waals surface area contributed by atoms with Gasteiger partial charge in [-0.15, -0.1) is 33.7 Å². The molecule has 0 nitrogen and oxygen atoms in total. The third-order valence-corrected chi connectivity index (χ3v) is 10.8. The van der Waals surface area contributed by atoms with Crippen molar-refractivity contribution in [2.45, 2.75) is 67.7 Å². The Bertz CT molecular complexity index is 1740. The zero-order chi connectivity index (χ0) is 30.9. The van der Waals surface area contributed by atoms with Crippen LogP contribution in [0.2, 0.25) is 0 Å². The van der Waals surface area contributed by atoms with Gasteiger partial charge in [0.15, 0.2) is 0 Å². The average Bonchev–Trinajstić information content (AvgIpc) is 3.65. The van der Waals surface area contributed by atoms with Crippen molar-refractivity contribution in [2.75, 3.05) is 0 Å². The van der Waals surface area contributed by atoms with Crippen LogP contribution in [0.4, 0.5) is 0 Å². The summed E-state index contributed by atoms with van der Waals surface area (Å²) in [4.78, 5) is 0. The molecule has 232 valence electrons. The summed E-state index contributed by atoms with van der Waals surface area (Å²) in [5.74, 6) is 1.54. The van der Waals surface area contributed by atoms with Gasteiger partial charge in [-0.1, -0.05) is 107 Å². The van der Waals surface area contributed by atoms with E-state index < -0.39 is 0 Å². The summed E-state index contributed by atoms with van der Waals surface area (Å²) in [6, 6.07) is 25.8. The molecule has 0 spiro atoms. The molecule has 0 aromatic heterocycles. The zero-order valence-electron chi connectivity index (χ0n) is 27.9. The predicted octanol–water partition coefficient (Wildman–Crippen LogP) is 3.19. The summed E-state index contributed by atoms with van der Waals surface area (Å²) in [6.45, 7) is 18.8. The van der Waals surface area contributed by atoms with Gasteiger partial charge in [-0.25, -0.2) is 0 Å². The molecule has 0 amide bonds. The molecule has 3 heteroatoms. The number of rotatable bonds is 6. The van der Waals surface area contributed by atoms with Crippen molar-refractivity contribution in [3.8, 4) is 0 Å². The van der Waals surface area contributed by atoms with Gasteiger partial charge in [-0.3, -0.25) is 0 Å². The standard InChI is InChI=1S/C29H35.C13H10.2ClH.Zr/c1-17(2)23-14-20(7)13-22-15-25-24(27(22)23)16-26(18(3)4)29(8,19(5)6)28(25)21-11-9-10-12-21;1-3-7-12(8-4-1)11-13-9-5-2-6-10-13;;;/h9-11,13-14,16-19H,12H2,1-8H3;1-10H;2*1H;/q-1;;;;+2/p-2. The van der Waals surface area contributed by atoms with Gasteiger partial charge in [0.1, 0.15) is 0 Å². The van der Waals surface area contributed by atoms with Crippen molar-refractivity contribution in [3.05, 3.63) is 152 Å². The topological polar surface area (TPSA) is 0 Å². The third kappa shape index (κ3) is 7.33. The summed E-state index contributed by atoms with van der Waals surface area (Å²) in [6.07, 6.45) is 14.3.